The summed E-state index contributed by atoms with van der Waals surface area (Å²) in [6.45, 7) is 1.76. The number of nitrogens with one attached hydrogen (secondary N) is 2. The molecule has 0 spiro atoms. The van der Waals surface area contributed by atoms with Crippen molar-refractivity contribution in [3.63, 3.8) is 0 Å². The van der Waals surface area contributed by atoms with Gasteiger partial charge in [-0.05, 0) is 43.3 Å². The van der Waals surface area contributed by atoms with Crippen molar-refractivity contribution < 1.29 is 27.2 Å². The first-order valence-corrected chi connectivity index (χ1v) is 10.1. The number of halogens is 3. The maximum atomic E-state index is 12.6. The molecule has 2 aromatic carbocycles. The maximum absolute atomic E-state index is 12.6. The zero-order valence-electron chi connectivity index (χ0n) is 18.7. The minimum absolute atomic E-state index is 0.0712. The first-order valence-electron chi connectivity index (χ1n) is 10.1. The average molecular weight is 488 g/mol. The molecule has 10 nitrogen and oxygen atoms in total. The number of fused-ring (bicyclic) bond motifs is 1. The molecule has 0 bridgehead atoms. The van der Waals surface area contributed by atoms with E-state index < -0.39 is 17.9 Å². The molecule has 0 aliphatic rings. The lowest BCUT2D eigenvalue weighted by atomic mass is 10.2. The maximum Gasteiger partial charge on any atom is 0.493 e. The van der Waals surface area contributed by atoms with Gasteiger partial charge in [0, 0.05) is 42.9 Å². The average Bonchev–Trinajstić information content (AvgIpc) is 3.10. The van der Waals surface area contributed by atoms with E-state index in [-0.39, 0.29) is 15.8 Å². The van der Waals surface area contributed by atoms with Gasteiger partial charge in [0.1, 0.15) is 11.3 Å². The van der Waals surface area contributed by atoms with Crippen LogP contribution >= 0.6 is 0 Å². The fraction of sp³-hybridized carbons (Fsp3) is 0.182. The van der Waals surface area contributed by atoms with Gasteiger partial charge in [0.25, 0.3) is 0 Å². The number of hydrogen-bond acceptors (Lipinski definition) is 9. The number of oxazole rings is 1. The van der Waals surface area contributed by atoms with Gasteiger partial charge in [0.05, 0.1) is 0 Å². The second-order valence-electron chi connectivity index (χ2n) is 7.64. The predicted molar refractivity (Wildman–Crippen MR) is 122 cm³/mol. The monoisotopic (exact) mass is 488 g/mol. The Labute approximate surface area is 195 Å². The van der Waals surface area contributed by atoms with Crippen LogP contribution in [0.3, 0.4) is 0 Å². The Bertz CT molecular complexity index is 1460. The summed E-state index contributed by atoms with van der Waals surface area (Å²) in [6, 6.07) is 11.8. The molecule has 0 saturated heterocycles. The van der Waals surface area contributed by atoms with Crippen LogP contribution in [0.5, 0.6) is 0 Å². The highest BCUT2D eigenvalue weighted by Gasteiger charge is 2.42. The molecule has 0 fully saturated rings. The van der Waals surface area contributed by atoms with Crippen LogP contribution in [0.2, 0.25) is 0 Å². The quantitative estimate of drug-likeness (QED) is 0.419. The largest absolute Gasteiger partial charge is 0.493 e. The molecule has 0 aliphatic heterocycles. The molecule has 2 aromatic heterocycles. The first-order chi connectivity index (χ1) is 16.5. The van der Waals surface area contributed by atoms with E-state index in [0.29, 0.717) is 23.0 Å². The normalized spacial score (nSPS) is 11.4. The summed E-state index contributed by atoms with van der Waals surface area (Å²) in [5.41, 5.74) is 2.51. The second kappa shape index (κ2) is 9.00. The van der Waals surface area contributed by atoms with Crippen molar-refractivity contribution in [3.05, 3.63) is 64.8 Å². The Morgan fingerprint density at radius 1 is 1.11 bits per heavy atom. The number of aromatic nitrogens is 3. The molecule has 2 N–H and O–H groups in total. The molecule has 182 valence electrons. The van der Waals surface area contributed by atoms with E-state index >= 15 is 0 Å². The summed E-state index contributed by atoms with van der Waals surface area (Å²) in [5, 5.41) is 6.14. The number of hydrogen-bond donors (Lipinski definition) is 2. The molecule has 4 aromatic rings. The zero-order valence-corrected chi connectivity index (χ0v) is 18.7. The second-order valence-corrected chi connectivity index (χ2v) is 7.64. The number of nitrogens with zero attached hydrogens (tertiary/aromatic N) is 4. The van der Waals surface area contributed by atoms with Crippen LogP contribution in [0.1, 0.15) is 5.56 Å². The number of benzene rings is 2. The minimum Gasteiger partial charge on any atom is -0.405 e. The molecule has 4 rings (SSSR count). The van der Waals surface area contributed by atoms with Crippen molar-refractivity contribution in [1.29, 1.82) is 0 Å². The van der Waals surface area contributed by atoms with Crippen LogP contribution in [0.15, 0.2) is 57.9 Å². The summed E-state index contributed by atoms with van der Waals surface area (Å²) in [4.78, 5) is 38.0. The van der Waals surface area contributed by atoms with E-state index in [1.165, 1.54) is 18.2 Å². The van der Waals surface area contributed by atoms with Crippen LogP contribution in [0.25, 0.3) is 11.1 Å². The van der Waals surface area contributed by atoms with E-state index in [0.717, 1.165) is 11.4 Å². The molecule has 0 radical (unpaired) electrons. The fourth-order valence-electron chi connectivity index (χ4n) is 3.05. The molecule has 0 aliphatic carbocycles. The summed E-state index contributed by atoms with van der Waals surface area (Å²) in [6.07, 6.45) is -3.70. The Hall–Kier alpha value is -4.55. The number of carbonyl (C=O) groups excluding carboxylic acids is 1. The predicted octanol–water partition coefficient (Wildman–Crippen LogP) is 3.76. The lowest BCUT2D eigenvalue weighted by Crippen LogP contribution is -2.36. The lowest BCUT2D eigenvalue weighted by molar-refractivity contribution is -0.200. The summed E-state index contributed by atoms with van der Waals surface area (Å²) >= 11 is 0. The minimum atomic E-state index is -5.29. The van der Waals surface area contributed by atoms with Crippen molar-refractivity contribution in [2.24, 2.45) is 0 Å². The topological polar surface area (TPSA) is 115 Å². The van der Waals surface area contributed by atoms with Gasteiger partial charge in [-0.3, -0.25) is 0 Å². The van der Waals surface area contributed by atoms with Gasteiger partial charge < -0.3 is 24.8 Å². The number of carbonyl (C=O) groups is 1. The fourth-order valence-corrected chi connectivity index (χ4v) is 3.05. The number of alkyl halides is 3. The molecule has 35 heavy (non-hydrogen) atoms. The molecule has 0 amide bonds. The molecular formula is C22H19F3N6O4. The highest BCUT2D eigenvalue weighted by atomic mass is 19.4. The smallest absolute Gasteiger partial charge is 0.405 e. The van der Waals surface area contributed by atoms with Crippen LogP contribution < -0.4 is 26.1 Å². The highest BCUT2D eigenvalue weighted by Crippen LogP contribution is 2.25. The third kappa shape index (κ3) is 5.18. The number of aryl methyl sites for hydroxylation is 1. The van der Waals surface area contributed by atoms with Crippen molar-refractivity contribution in [2.75, 3.05) is 29.6 Å². The Kier molecular flexibility index (Phi) is 6.07. The van der Waals surface area contributed by atoms with Gasteiger partial charge in [0.2, 0.25) is 5.95 Å². The Morgan fingerprint density at radius 2 is 1.86 bits per heavy atom. The molecule has 0 saturated carbocycles. The molecular weight excluding hydrogens is 469 g/mol. The van der Waals surface area contributed by atoms with E-state index in [4.69, 9.17) is 4.42 Å². The van der Waals surface area contributed by atoms with Crippen molar-refractivity contribution in [2.45, 2.75) is 13.1 Å². The molecule has 13 heteroatoms. The third-order valence-corrected chi connectivity index (χ3v) is 4.80. The number of anilines is 5. The van der Waals surface area contributed by atoms with Crippen LogP contribution in [-0.2, 0) is 4.79 Å². The summed E-state index contributed by atoms with van der Waals surface area (Å²) in [7, 11) is 3.84. The Morgan fingerprint density at radius 3 is 2.57 bits per heavy atom. The van der Waals surface area contributed by atoms with Crippen LogP contribution in [0, 0.1) is 6.92 Å². The Balaban J connectivity index is 1.61. The van der Waals surface area contributed by atoms with Gasteiger partial charge in [-0.25, -0.2) is 14.6 Å². The standard InChI is InChI=1S/C22H19F3N6O4/c1-12-11-26-20(28-13-5-4-6-15(9-13)30(2)3)29-18(12)27-14-7-8-17-16(10-14)31(21(33)34-17)35-19(32)22(23,24)25/h4-11H,1-3H3,(H2,26,27,28,29). The van der Waals surface area contributed by atoms with Gasteiger partial charge in [-0.1, -0.05) is 10.8 Å². The van der Waals surface area contributed by atoms with Crippen molar-refractivity contribution >= 4 is 45.9 Å². The van der Waals surface area contributed by atoms with E-state index in [1.54, 1.807) is 13.1 Å². The van der Waals surface area contributed by atoms with E-state index in [1.807, 2.05) is 43.3 Å². The van der Waals surface area contributed by atoms with Crippen LogP contribution in [0.4, 0.5) is 42.0 Å². The van der Waals surface area contributed by atoms with Crippen molar-refractivity contribution in [1.82, 2.24) is 14.7 Å². The van der Waals surface area contributed by atoms with Crippen LogP contribution in [-0.4, -0.2) is 40.9 Å². The molecule has 0 atom stereocenters. The zero-order chi connectivity index (χ0) is 25.3. The van der Waals surface area contributed by atoms with Crippen molar-refractivity contribution in [3.8, 4) is 0 Å². The van der Waals surface area contributed by atoms with Gasteiger partial charge >= 0.3 is 17.9 Å². The molecule has 2 heterocycles. The summed E-state index contributed by atoms with van der Waals surface area (Å²) in [5.74, 6) is -3.13. The molecule has 0 unspecified atom stereocenters. The summed E-state index contributed by atoms with van der Waals surface area (Å²) < 4.78 is 42.7. The number of rotatable bonds is 6. The lowest BCUT2D eigenvalue weighted by Gasteiger charge is -2.15. The third-order valence-electron chi connectivity index (χ3n) is 4.80. The van der Waals surface area contributed by atoms with Gasteiger partial charge in [-0.2, -0.15) is 18.2 Å². The van der Waals surface area contributed by atoms with Gasteiger partial charge in [-0.15, -0.1) is 0 Å². The SMILES string of the molecule is Cc1cnc(Nc2cccc(N(C)C)c2)nc1Nc1ccc2oc(=O)n(OC(=O)C(F)(F)F)c2c1. The van der Waals surface area contributed by atoms with E-state index in [2.05, 4.69) is 25.4 Å². The first kappa shape index (κ1) is 23.6. The van der Waals surface area contributed by atoms with E-state index in [9.17, 15) is 22.8 Å². The highest BCUT2D eigenvalue weighted by molar-refractivity contribution is 5.81. The van der Waals surface area contributed by atoms with Gasteiger partial charge in [0.15, 0.2) is 5.58 Å².